The van der Waals surface area contributed by atoms with E-state index in [-0.39, 0.29) is 31.4 Å². The van der Waals surface area contributed by atoms with Crippen LogP contribution in [0.5, 0.6) is 5.75 Å². The Morgan fingerprint density at radius 2 is 1.78 bits per heavy atom. The summed E-state index contributed by atoms with van der Waals surface area (Å²) in [5.41, 5.74) is 5.22. The van der Waals surface area contributed by atoms with Crippen LogP contribution in [0, 0.1) is 5.82 Å². The maximum atomic E-state index is 13.7. The SMILES string of the molecule is CC1(C)OCC(N)(/C=C/c2ccc(OCCCc3ccccc3F)c(C(F)(F)F)c2)CO1. The zero-order valence-electron chi connectivity index (χ0n) is 18.0. The van der Waals surface area contributed by atoms with Crippen molar-refractivity contribution in [3.63, 3.8) is 0 Å². The van der Waals surface area contributed by atoms with Gasteiger partial charge in [0.25, 0.3) is 0 Å². The summed E-state index contributed by atoms with van der Waals surface area (Å²) in [6, 6.07) is 10.1. The highest BCUT2D eigenvalue weighted by Gasteiger charge is 2.36. The lowest BCUT2D eigenvalue weighted by molar-refractivity contribution is -0.260. The minimum atomic E-state index is -4.59. The molecule has 0 bridgehead atoms. The minimum Gasteiger partial charge on any atom is -0.493 e. The highest BCUT2D eigenvalue weighted by molar-refractivity contribution is 5.55. The Labute approximate surface area is 185 Å². The highest BCUT2D eigenvalue weighted by atomic mass is 19.4. The van der Waals surface area contributed by atoms with Gasteiger partial charge in [0.1, 0.15) is 11.6 Å². The average molecular weight is 453 g/mol. The van der Waals surface area contributed by atoms with Crippen molar-refractivity contribution in [2.45, 2.75) is 44.2 Å². The summed E-state index contributed by atoms with van der Waals surface area (Å²) < 4.78 is 70.9. The third kappa shape index (κ3) is 6.54. The first-order valence-corrected chi connectivity index (χ1v) is 10.3. The maximum absolute atomic E-state index is 13.7. The van der Waals surface area contributed by atoms with E-state index in [9.17, 15) is 17.6 Å². The Hall–Kier alpha value is -2.42. The number of halogens is 4. The van der Waals surface area contributed by atoms with Gasteiger partial charge in [0.2, 0.25) is 0 Å². The van der Waals surface area contributed by atoms with Crippen molar-refractivity contribution in [2.24, 2.45) is 5.73 Å². The van der Waals surface area contributed by atoms with Crippen LogP contribution in [-0.4, -0.2) is 31.1 Å². The molecule has 32 heavy (non-hydrogen) atoms. The monoisotopic (exact) mass is 453 g/mol. The summed E-state index contributed by atoms with van der Waals surface area (Å²) in [6.45, 7) is 3.93. The van der Waals surface area contributed by atoms with E-state index in [2.05, 4.69) is 0 Å². The van der Waals surface area contributed by atoms with Crippen molar-refractivity contribution in [2.75, 3.05) is 19.8 Å². The molecule has 2 aromatic rings. The Kier molecular flexibility index (Phi) is 7.27. The first kappa shape index (κ1) is 24.2. The van der Waals surface area contributed by atoms with Gasteiger partial charge >= 0.3 is 6.18 Å². The van der Waals surface area contributed by atoms with Crippen molar-refractivity contribution in [3.05, 3.63) is 71.0 Å². The van der Waals surface area contributed by atoms with Gasteiger partial charge < -0.3 is 19.9 Å². The Morgan fingerprint density at radius 3 is 2.44 bits per heavy atom. The molecule has 3 rings (SSSR count). The van der Waals surface area contributed by atoms with Gasteiger partial charge in [-0.15, -0.1) is 0 Å². The summed E-state index contributed by atoms with van der Waals surface area (Å²) in [7, 11) is 0. The molecule has 0 spiro atoms. The lowest BCUT2D eigenvalue weighted by atomic mass is 9.99. The van der Waals surface area contributed by atoms with E-state index in [0.717, 1.165) is 6.07 Å². The van der Waals surface area contributed by atoms with Crippen molar-refractivity contribution < 1.29 is 31.8 Å². The number of hydrogen-bond acceptors (Lipinski definition) is 4. The summed E-state index contributed by atoms with van der Waals surface area (Å²) in [5.74, 6) is -1.35. The molecule has 1 aliphatic rings. The molecular formula is C24H27F4NO3. The summed E-state index contributed by atoms with van der Waals surface area (Å²) in [5, 5.41) is 0. The molecule has 0 aliphatic carbocycles. The number of nitrogens with two attached hydrogens (primary N) is 1. The summed E-state index contributed by atoms with van der Waals surface area (Å²) in [4.78, 5) is 0. The Morgan fingerprint density at radius 1 is 1.09 bits per heavy atom. The lowest BCUT2D eigenvalue weighted by Gasteiger charge is -2.39. The smallest absolute Gasteiger partial charge is 0.419 e. The first-order valence-electron chi connectivity index (χ1n) is 10.3. The Bertz CT molecular complexity index is 947. The second-order valence-electron chi connectivity index (χ2n) is 8.34. The maximum Gasteiger partial charge on any atom is 0.419 e. The normalized spacial score (nSPS) is 18.1. The van der Waals surface area contributed by atoms with Crippen LogP contribution in [0.1, 0.15) is 37.0 Å². The van der Waals surface area contributed by atoms with Crippen LogP contribution in [0.2, 0.25) is 0 Å². The molecule has 8 heteroatoms. The van der Waals surface area contributed by atoms with E-state index < -0.39 is 23.1 Å². The third-order valence-corrected chi connectivity index (χ3v) is 5.10. The highest BCUT2D eigenvalue weighted by Crippen LogP contribution is 2.37. The first-order chi connectivity index (χ1) is 15.0. The van der Waals surface area contributed by atoms with Crippen LogP contribution >= 0.6 is 0 Å². The average Bonchev–Trinajstić information content (AvgIpc) is 2.73. The molecule has 2 aromatic carbocycles. The van der Waals surface area contributed by atoms with E-state index in [1.807, 2.05) is 0 Å². The molecule has 1 saturated heterocycles. The standard InChI is InChI=1S/C24H27F4NO3/c1-22(2)31-15-23(29,16-32-22)12-11-17-9-10-21(19(14-17)24(26,27)28)30-13-5-7-18-6-3-4-8-20(18)25/h3-4,6,8-12,14H,5,7,13,15-16,29H2,1-2H3/b12-11+. The Balaban J connectivity index is 1.66. The third-order valence-electron chi connectivity index (χ3n) is 5.10. The van der Waals surface area contributed by atoms with Crippen LogP contribution in [-0.2, 0) is 22.1 Å². The van der Waals surface area contributed by atoms with Gasteiger partial charge in [0, 0.05) is 0 Å². The zero-order chi connectivity index (χ0) is 23.4. The predicted molar refractivity (Wildman–Crippen MR) is 114 cm³/mol. The van der Waals surface area contributed by atoms with Crippen LogP contribution in [0.3, 0.4) is 0 Å². The van der Waals surface area contributed by atoms with E-state index in [0.29, 0.717) is 24.0 Å². The second kappa shape index (κ2) is 9.60. The predicted octanol–water partition coefficient (Wildman–Crippen LogP) is 5.35. The molecule has 4 nitrogen and oxygen atoms in total. The number of hydrogen-bond donors (Lipinski definition) is 1. The summed E-state index contributed by atoms with van der Waals surface area (Å²) in [6.07, 6.45) is -0.735. The zero-order valence-corrected chi connectivity index (χ0v) is 18.0. The van der Waals surface area contributed by atoms with E-state index in [4.69, 9.17) is 19.9 Å². The molecular weight excluding hydrogens is 426 g/mol. The molecule has 0 unspecified atom stereocenters. The van der Waals surface area contributed by atoms with Gasteiger partial charge in [0.15, 0.2) is 5.79 Å². The van der Waals surface area contributed by atoms with Crippen molar-refractivity contribution in [1.82, 2.24) is 0 Å². The van der Waals surface area contributed by atoms with Crippen molar-refractivity contribution in [1.29, 1.82) is 0 Å². The van der Waals surface area contributed by atoms with Crippen LogP contribution in [0.4, 0.5) is 17.6 Å². The van der Waals surface area contributed by atoms with E-state index in [1.54, 1.807) is 38.1 Å². The van der Waals surface area contributed by atoms with Gasteiger partial charge in [-0.25, -0.2) is 4.39 Å². The van der Waals surface area contributed by atoms with E-state index in [1.165, 1.54) is 24.3 Å². The van der Waals surface area contributed by atoms with Crippen LogP contribution in [0.15, 0.2) is 48.5 Å². The quantitative estimate of drug-likeness (QED) is 0.454. The molecule has 1 fully saturated rings. The number of alkyl halides is 3. The van der Waals surface area contributed by atoms with Gasteiger partial charge in [-0.3, -0.25) is 0 Å². The minimum absolute atomic E-state index is 0.0307. The largest absolute Gasteiger partial charge is 0.493 e. The molecule has 2 N–H and O–H groups in total. The number of aryl methyl sites for hydroxylation is 1. The van der Waals surface area contributed by atoms with E-state index >= 15 is 0 Å². The van der Waals surface area contributed by atoms with Crippen LogP contribution in [0.25, 0.3) is 6.08 Å². The lowest BCUT2D eigenvalue weighted by Crippen LogP contribution is -2.55. The van der Waals surface area contributed by atoms with Gasteiger partial charge in [0.05, 0.1) is 30.9 Å². The number of rotatable bonds is 7. The van der Waals surface area contributed by atoms with Gasteiger partial charge in [-0.2, -0.15) is 13.2 Å². The fourth-order valence-corrected chi connectivity index (χ4v) is 3.20. The topological polar surface area (TPSA) is 53.7 Å². The fraction of sp³-hybridized carbons (Fsp3) is 0.417. The fourth-order valence-electron chi connectivity index (χ4n) is 3.20. The summed E-state index contributed by atoms with van der Waals surface area (Å²) >= 11 is 0. The van der Waals surface area contributed by atoms with Crippen molar-refractivity contribution >= 4 is 6.08 Å². The van der Waals surface area contributed by atoms with Crippen LogP contribution < -0.4 is 10.5 Å². The number of ether oxygens (including phenoxy) is 3. The molecule has 1 heterocycles. The van der Waals surface area contributed by atoms with Crippen molar-refractivity contribution in [3.8, 4) is 5.75 Å². The molecule has 0 amide bonds. The van der Waals surface area contributed by atoms with Gasteiger partial charge in [-0.05, 0) is 56.0 Å². The molecule has 0 saturated carbocycles. The molecule has 0 radical (unpaired) electrons. The molecule has 0 aromatic heterocycles. The molecule has 1 aliphatic heterocycles. The number of benzene rings is 2. The molecule has 0 atom stereocenters. The second-order valence-corrected chi connectivity index (χ2v) is 8.34. The molecule has 174 valence electrons. The van der Waals surface area contributed by atoms with Gasteiger partial charge in [-0.1, -0.05) is 36.4 Å².